The molecule has 1 aromatic carbocycles. The number of amides is 1. The van der Waals surface area contributed by atoms with Crippen molar-refractivity contribution in [3.63, 3.8) is 0 Å². The second-order valence-corrected chi connectivity index (χ2v) is 4.83. The average molecular weight is 284 g/mol. The van der Waals surface area contributed by atoms with Crippen molar-refractivity contribution in [2.45, 2.75) is 6.42 Å². The molecule has 2 aromatic rings. The molecule has 2 N–H and O–H groups in total. The minimum Gasteiger partial charge on any atom is -0.383 e. The van der Waals surface area contributed by atoms with Gasteiger partial charge in [-0.3, -0.25) is 4.79 Å². The maximum absolute atomic E-state index is 12.5. The molecule has 0 radical (unpaired) electrons. The van der Waals surface area contributed by atoms with Crippen LogP contribution in [0.15, 0.2) is 30.5 Å². The molecule has 0 spiro atoms. The Hall–Kier alpha value is -2.47. The molecule has 0 unspecified atom stereocenters. The lowest BCUT2D eigenvalue weighted by Gasteiger charge is -2.22. The molecular formula is C15H16N4O2. The molecule has 3 rings (SSSR count). The highest BCUT2D eigenvalue weighted by Gasteiger charge is 2.26. The lowest BCUT2D eigenvalue weighted by Crippen LogP contribution is -2.34. The number of fused-ring (bicyclic) bond motifs is 3. The molecule has 0 atom stereocenters. The molecule has 1 aliphatic rings. The van der Waals surface area contributed by atoms with Crippen LogP contribution in [0.25, 0.3) is 11.3 Å². The van der Waals surface area contributed by atoms with Crippen molar-refractivity contribution in [1.82, 2.24) is 9.97 Å². The van der Waals surface area contributed by atoms with Crippen molar-refractivity contribution in [2.24, 2.45) is 0 Å². The minimum atomic E-state index is 0.00613. The van der Waals surface area contributed by atoms with Crippen LogP contribution in [-0.4, -0.2) is 36.1 Å². The van der Waals surface area contributed by atoms with Gasteiger partial charge in [-0.2, -0.15) is 0 Å². The molecular weight excluding hydrogens is 268 g/mol. The highest BCUT2D eigenvalue weighted by atomic mass is 16.5. The molecule has 2 heterocycles. The summed E-state index contributed by atoms with van der Waals surface area (Å²) < 4.78 is 5.10. The summed E-state index contributed by atoms with van der Waals surface area (Å²) >= 11 is 0. The van der Waals surface area contributed by atoms with E-state index in [9.17, 15) is 4.79 Å². The smallest absolute Gasteiger partial charge is 0.231 e. The minimum absolute atomic E-state index is 0.00613. The number of carbonyl (C=O) groups excluding carboxylic acids is 1. The summed E-state index contributed by atoms with van der Waals surface area (Å²) in [6.07, 6.45) is 1.89. The zero-order valence-electron chi connectivity index (χ0n) is 11.7. The maximum Gasteiger partial charge on any atom is 0.231 e. The summed E-state index contributed by atoms with van der Waals surface area (Å²) in [5.74, 6) is 0.216. The fraction of sp³-hybridized carbons (Fsp3) is 0.267. The van der Waals surface area contributed by atoms with Gasteiger partial charge in [-0.15, -0.1) is 0 Å². The van der Waals surface area contributed by atoms with Crippen molar-refractivity contribution in [1.29, 1.82) is 0 Å². The molecule has 0 saturated carbocycles. The SMILES string of the molecule is COCCN1C(=O)Cc2cnc(N)nc2-c2ccccc21. The fourth-order valence-electron chi connectivity index (χ4n) is 2.51. The van der Waals surface area contributed by atoms with Crippen molar-refractivity contribution in [3.8, 4) is 11.3 Å². The van der Waals surface area contributed by atoms with Gasteiger partial charge in [-0.05, 0) is 6.07 Å². The van der Waals surface area contributed by atoms with E-state index < -0.39 is 0 Å². The first-order valence-corrected chi connectivity index (χ1v) is 6.71. The summed E-state index contributed by atoms with van der Waals surface area (Å²) in [6, 6.07) is 7.68. The number of nitrogens with two attached hydrogens (primary N) is 1. The first-order chi connectivity index (χ1) is 10.2. The normalized spacial score (nSPS) is 13.6. The third kappa shape index (κ3) is 2.45. The predicted molar refractivity (Wildman–Crippen MR) is 79.8 cm³/mol. The van der Waals surface area contributed by atoms with Gasteiger partial charge >= 0.3 is 0 Å². The van der Waals surface area contributed by atoms with Gasteiger partial charge in [0.05, 0.1) is 24.4 Å². The van der Waals surface area contributed by atoms with Gasteiger partial charge in [0.15, 0.2) is 0 Å². The zero-order valence-corrected chi connectivity index (χ0v) is 11.7. The van der Waals surface area contributed by atoms with Gasteiger partial charge < -0.3 is 15.4 Å². The number of methoxy groups -OCH3 is 1. The summed E-state index contributed by atoms with van der Waals surface area (Å²) in [5, 5.41) is 0. The number of hydrogen-bond donors (Lipinski definition) is 1. The van der Waals surface area contributed by atoms with Crippen LogP contribution >= 0.6 is 0 Å². The number of para-hydroxylation sites is 1. The Kier molecular flexibility index (Phi) is 3.53. The second kappa shape index (κ2) is 5.49. The molecule has 1 aromatic heterocycles. The number of nitrogens with zero attached hydrogens (tertiary/aromatic N) is 3. The third-order valence-corrected chi connectivity index (χ3v) is 3.49. The predicted octanol–water partition coefficient (Wildman–Crippen LogP) is 1.26. The van der Waals surface area contributed by atoms with Crippen LogP contribution in [0.1, 0.15) is 5.56 Å². The molecule has 21 heavy (non-hydrogen) atoms. The van der Waals surface area contributed by atoms with Gasteiger partial charge in [-0.1, -0.05) is 18.2 Å². The van der Waals surface area contributed by atoms with Gasteiger partial charge in [0, 0.05) is 31.0 Å². The lowest BCUT2D eigenvalue weighted by molar-refractivity contribution is -0.118. The summed E-state index contributed by atoms with van der Waals surface area (Å²) in [6.45, 7) is 0.980. The maximum atomic E-state index is 12.5. The Labute approximate surface area is 122 Å². The number of nitrogen functional groups attached to an aromatic ring is 1. The average Bonchev–Trinajstić information content (AvgIpc) is 2.60. The second-order valence-electron chi connectivity index (χ2n) is 4.83. The van der Waals surface area contributed by atoms with E-state index >= 15 is 0 Å². The van der Waals surface area contributed by atoms with Crippen LogP contribution in [0.3, 0.4) is 0 Å². The Morgan fingerprint density at radius 1 is 1.38 bits per heavy atom. The van der Waals surface area contributed by atoms with E-state index in [1.165, 1.54) is 0 Å². The largest absolute Gasteiger partial charge is 0.383 e. The first kappa shape index (κ1) is 13.5. The van der Waals surface area contributed by atoms with Crippen LogP contribution in [0.4, 0.5) is 11.6 Å². The number of benzene rings is 1. The molecule has 0 saturated heterocycles. The molecule has 1 amide bonds. The van der Waals surface area contributed by atoms with Crippen molar-refractivity contribution >= 4 is 17.5 Å². The van der Waals surface area contributed by atoms with Crippen LogP contribution in [0.2, 0.25) is 0 Å². The molecule has 0 bridgehead atoms. The van der Waals surface area contributed by atoms with Gasteiger partial charge in [0.1, 0.15) is 0 Å². The van der Waals surface area contributed by atoms with Crippen LogP contribution in [0, 0.1) is 0 Å². The molecule has 108 valence electrons. The monoisotopic (exact) mass is 284 g/mol. The van der Waals surface area contributed by atoms with Crippen molar-refractivity contribution in [2.75, 3.05) is 30.9 Å². The van der Waals surface area contributed by atoms with Crippen LogP contribution in [-0.2, 0) is 16.0 Å². The Bertz CT molecular complexity index is 687. The molecule has 0 aliphatic carbocycles. The lowest BCUT2D eigenvalue weighted by atomic mass is 10.1. The number of carbonyl (C=O) groups is 1. The number of hydrogen-bond acceptors (Lipinski definition) is 5. The quantitative estimate of drug-likeness (QED) is 0.917. The van der Waals surface area contributed by atoms with Gasteiger partial charge in [-0.25, -0.2) is 9.97 Å². The van der Waals surface area contributed by atoms with Gasteiger partial charge in [0.25, 0.3) is 0 Å². The number of aromatic nitrogens is 2. The summed E-state index contributed by atoms with van der Waals surface area (Å²) in [4.78, 5) is 22.6. The van der Waals surface area contributed by atoms with E-state index in [1.807, 2.05) is 24.3 Å². The van der Waals surface area contributed by atoms with E-state index in [2.05, 4.69) is 9.97 Å². The van der Waals surface area contributed by atoms with E-state index in [1.54, 1.807) is 18.2 Å². The van der Waals surface area contributed by atoms with E-state index in [0.29, 0.717) is 13.2 Å². The highest BCUT2D eigenvalue weighted by Crippen LogP contribution is 2.35. The van der Waals surface area contributed by atoms with Crippen LogP contribution in [0.5, 0.6) is 0 Å². The number of anilines is 2. The van der Waals surface area contributed by atoms with Crippen molar-refractivity contribution in [3.05, 3.63) is 36.0 Å². The summed E-state index contributed by atoms with van der Waals surface area (Å²) in [5.41, 5.74) is 8.94. The third-order valence-electron chi connectivity index (χ3n) is 3.49. The Morgan fingerprint density at radius 3 is 3.00 bits per heavy atom. The summed E-state index contributed by atoms with van der Waals surface area (Å²) in [7, 11) is 1.62. The molecule has 6 heteroatoms. The highest BCUT2D eigenvalue weighted by molar-refractivity contribution is 6.01. The standard InChI is InChI=1S/C15H16N4O2/c1-21-7-6-19-12-5-3-2-4-11(12)14-10(8-13(19)20)9-17-15(16)18-14/h2-5,9H,6-8H2,1H3,(H2,16,17,18). The molecule has 0 fully saturated rings. The van der Waals surface area contributed by atoms with E-state index in [-0.39, 0.29) is 18.3 Å². The molecule has 6 nitrogen and oxygen atoms in total. The van der Waals surface area contributed by atoms with Crippen LogP contribution < -0.4 is 10.6 Å². The zero-order chi connectivity index (χ0) is 14.8. The number of rotatable bonds is 3. The van der Waals surface area contributed by atoms with E-state index in [0.717, 1.165) is 22.5 Å². The topological polar surface area (TPSA) is 81.3 Å². The van der Waals surface area contributed by atoms with Gasteiger partial charge in [0.2, 0.25) is 11.9 Å². The number of ether oxygens (including phenoxy) is 1. The Balaban J connectivity index is 2.16. The molecule has 1 aliphatic heterocycles. The Morgan fingerprint density at radius 2 is 2.19 bits per heavy atom. The van der Waals surface area contributed by atoms with E-state index in [4.69, 9.17) is 10.5 Å². The fourth-order valence-corrected chi connectivity index (χ4v) is 2.51. The van der Waals surface area contributed by atoms with Crippen molar-refractivity contribution < 1.29 is 9.53 Å². The first-order valence-electron chi connectivity index (χ1n) is 6.71.